The van der Waals surface area contributed by atoms with Crippen molar-refractivity contribution in [3.63, 3.8) is 0 Å². The molecular formula is C22H26F2N2O3S2. The van der Waals surface area contributed by atoms with Gasteiger partial charge in [-0.15, -0.1) is 11.3 Å². The summed E-state index contributed by atoms with van der Waals surface area (Å²) in [6, 6.07) is 4.91. The third-order valence-corrected chi connectivity index (χ3v) is 6.39. The number of benzene rings is 1. The van der Waals surface area contributed by atoms with Crippen molar-refractivity contribution in [1.29, 1.82) is 0 Å². The van der Waals surface area contributed by atoms with Crippen LogP contribution in [0.3, 0.4) is 0 Å². The van der Waals surface area contributed by atoms with Gasteiger partial charge in [0.05, 0.1) is 17.9 Å². The summed E-state index contributed by atoms with van der Waals surface area (Å²) in [7, 11) is 0. The first-order valence-corrected chi connectivity index (χ1v) is 11.6. The fraction of sp³-hybridized carbons (Fsp3) is 0.455. The van der Waals surface area contributed by atoms with E-state index in [-0.39, 0.29) is 23.4 Å². The molecule has 0 saturated heterocycles. The zero-order valence-electron chi connectivity index (χ0n) is 17.6. The van der Waals surface area contributed by atoms with Crippen LogP contribution in [-0.4, -0.2) is 24.3 Å². The molecule has 0 unspecified atom stereocenters. The number of hydrogen-bond acceptors (Lipinski definition) is 5. The number of alkyl halides is 2. The van der Waals surface area contributed by atoms with E-state index in [1.165, 1.54) is 28.7 Å². The highest BCUT2D eigenvalue weighted by atomic mass is 32.1. The Morgan fingerprint density at radius 1 is 1.19 bits per heavy atom. The van der Waals surface area contributed by atoms with Crippen LogP contribution < -0.4 is 15.4 Å². The lowest BCUT2D eigenvalue weighted by atomic mass is 9.96. The largest absolute Gasteiger partial charge is 0.462 e. The van der Waals surface area contributed by atoms with Crippen molar-refractivity contribution < 1.29 is 23.0 Å². The van der Waals surface area contributed by atoms with E-state index in [0.29, 0.717) is 16.3 Å². The molecule has 5 nitrogen and oxygen atoms in total. The first kappa shape index (κ1) is 23.4. The quantitative estimate of drug-likeness (QED) is 0.383. The zero-order valence-corrected chi connectivity index (χ0v) is 19.2. The molecule has 31 heavy (non-hydrogen) atoms. The molecular weight excluding hydrogens is 442 g/mol. The number of carbonyl (C=O) groups is 1. The number of thiophene rings is 1. The normalized spacial score (nSPS) is 13.7. The molecule has 1 aliphatic carbocycles. The number of hydrogen-bond donors (Lipinski definition) is 2. The second-order valence-electron chi connectivity index (χ2n) is 7.30. The number of rotatable bonds is 6. The van der Waals surface area contributed by atoms with E-state index in [0.717, 1.165) is 43.2 Å². The molecule has 0 amide bonds. The molecule has 9 heteroatoms. The minimum Gasteiger partial charge on any atom is -0.462 e. The van der Waals surface area contributed by atoms with Crippen molar-refractivity contribution in [2.75, 3.05) is 17.2 Å². The molecule has 168 valence electrons. The Morgan fingerprint density at radius 3 is 2.65 bits per heavy atom. The number of ether oxygens (including phenoxy) is 2. The standard InChI is InChI=1S/C22H26F2N2O3S2/c1-3-28-20(27)18-14-8-6-4-5-7-9-17(14)31-19(18)26-22(30)25-15-11-10-13(2)12-16(15)29-21(23)24/h10-12,21H,3-9H2,1-2H3,(H2,25,26,30). The van der Waals surface area contributed by atoms with Crippen LogP contribution in [-0.2, 0) is 17.6 Å². The average molecular weight is 469 g/mol. The lowest BCUT2D eigenvalue weighted by Crippen LogP contribution is -2.21. The van der Waals surface area contributed by atoms with Crippen LogP contribution in [0.1, 0.15) is 59.0 Å². The van der Waals surface area contributed by atoms with Gasteiger partial charge in [-0.3, -0.25) is 0 Å². The molecule has 0 fully saturated rings. The lowest BCUT2D eigenvalue weighted by Gasteiger charge is -2.15. The molecule has 1 aromatic carbocycles. The number of esters is 1. The third-order valence-electron chi connectivity index (χ3n) is 4.98. The van der Waals surface area contributed by atoms with Crippen molar-refractivity contribution in [2.24, 2.45) is 0 Å². The summed E-state index contributed by atoms with van der Waals surface area (Å²) in [4.78, 5) is 13.9. The second-order valence-corrected chi connectivity index (χ2v) is 8.81. The van der Waals surface area contributed by atoms with Crippen LogP contribution in [0.15, 0.2) is 18.2 Å². The molecule has 1 heterocycles. The van der Waals surface area contributed by atoms with E-state index < -0.39 is 6.61 Å². The molecule has 2 N–H and O–H groups in total. The highest BCUT2D eigenvalue weighted by molar-refractivity contribution is 7.80. The van der Waals surface area contributed by atoms with Crippen LogP contribution in [0.2, 0.25) is 0 Å². The number of aryl methyl sites for hydroxylation is 2. The van der Waals surface area contributed by atoms with E-state index in [1.54, 1.807) is 26.0 Å². The maximum Gasteiger partial charge on any atom is 0.387 e. The molecule has 0 bridgehead atoms. The maximum absolute atomic E-state index is 12.8. The maximum atomic E-state index is 12.8. The second kappa shape index (κ2) is 10.9. The van der Waals surface area contributed by atoms with Gasteiger partial charge in [0.1, 0.15) is 10.8 Å². The predicted octanol–water partition coefficient (Wildman–Crippen LogP) is 6.30. The van der Waals surface area contributed by atoms with Gasteiger partial charge in [-0.05, 0) is 75.0 Å². The van der Waals surface area contributed by atoms with Crippen molar-refractivity contribution >= 4 is 45.3 Å². The minimum atomic E-state index is -2.95. The van der Waals surface area contributed by atoms with Gasteiger partial charge in [0, 0.05) is 4.88 Å². The van der Waals surface area contributed by atoms with E-state index in [1.807, 2.05) is 0 Å². The summed E-state index contributed by atoms with van der Waals surface area (Å²) in [6.07, 6.45) is 6.16. The number of fused-ring (bicyclic) bond motifs is 1. The predicted molar refractivity (Wildman–Crippen MR) is 124 cm³/mol. The number of carbonyl (C=O) groups excluding carboxylic acids is 1. The van der Waals surface area contributed by atoms with Crippen molar-refractivity contribution in [3.05, 3.63) is 39.8 Å². The molecule has 0 aliphatic heterocycles. The highest BCUT2D eigenvalue weighted by Crippen LogP contribution is 2.38. The van der Waals surface area contributed by atoms with Gasteiger partial charge in [0.25, 0.3) is 0 Å². The average Bonchev–Trinajstić information content (AvgIpc) is 2.99. The summed E-state index contributed by atoms with van der Waals surface area (Å²) in [5, 5.41) is 6.80. The van der Waals surface area contributed by atoms with Crippen molar-refractivity contribution in [2.45, 2.75) is 59.0 Å². The van der Waals surface area contributed by atoms with Crippen molar-refractivity contribution in [3.8, 4) is 5.75 Å². The molecule has 0 saturated carbocycles. The van der Waals surface area contributed by atoms with Crippen LogP contribution in [0.4, 0.5) is 19.5 Å². The van der Waals surface area contributed by atoms with Crippen LogP contribution in [0.5, 0.6) is 5.75 Å². The van der Waals surface area contributed by atoms with Gasteiger partial charge >= 0.3 is 12.6 Å². The third kappa shape index (κ3) is 6.13. The number of halogens is 2. The monoisotopic (exact) mass is 468 g/mol. The summed E-state index contributed by atoms with van der Waals surface area (Å²) in [5.41, 5.74) is 2.66. The Kier molecular flexibility index (Phi) is 8.20. The Morgan fingerprint density at radius 2 is 1.94 bits per heavy atom. The van der Waals surface area contributed by atoms with Gasteiger partial charge in [0.2, 0.25) is 0 Å². The Labute approximate surface area is 190 Å². The summed E-state index contributed by atoms with van der Waals surface area (Å²) < 4.78 is 35.5. The first-order chi connectivity index (χ1) is 14.9. The van der Waals surface area contributed by atoms with Gasteiger partial charge in [-0.1, -0.05) is 18.9 Å². The van der Waals surface area contributed by atoms with E-state index in [2.05, 4.69) is 15.4 Å². The Bertz CT molecular complexity index is 947. The topological polar surface area (TPSA) is 59.6 Å². The smallest absolute Gasteiger partial charge is 0.387 e. The molecule has 0 spiro atoms. The molecule has 1 aromatic heterocycles. The molecule has 2 aromatic rings. The summed E-state index contributed by atoms with van der Waals surface area (Å²) >= 11 is 6.92. The lowest BCUT2D eigenvalue weighted by molar-refractivity contribution is -0.0493. The fourth-order valence-electron chi connectivity index (χ4n) is 3.61. The number of nitrogens with one attached hydrogen (secondary N) is 2. The first-order valence-electron chi connectivity index (χ1n) is 10.3. The van der Waals surface area contributed by atoms with Crippen molar-refractivity contribution in [1.82, 2.24) is 0 Å². The zero-order chi connectivity index (χ0) is 22.4. The van der Waals surface area contributed by atoms with Crippen LogP contribution in [0.25, 0.3) is 0 Å². The SMILES string of the molecule is CCOC(=O)c1c(NC(=S)Nc2ccc(C)cc2OC(F)F)sc2c1CCCCCC2. The van der Waals surface area contributed by atoms with E-state index in [4.69, 9.17) is 17.0 Å². The Hall–Kier alpha value is -2.26. The molecule has 0 atom stereocenters. The fourth-order valence-corrected chi connectivity index (χ4v) is 5.17. The molecule has 3 rings (SSSR count). The highest BCUT2D eigenvalue weighted by Gasteiger charge is 2.26. The Balaban J connectivity index is 1.86. The summed E-state index contributed by atoms with van der Waals surface area (Å²) in [5.74, 6) is -0.369. The van der Waals surface area contributed by atoms with Gasteiger partial charge in [0.15, 0.2) is 5.11 Å². The number of anilines is 2. The molecule has 0 radical (unpaired) electrons. The minimum absolute atomic E-state index is 0.00298. The van der Waals surface area contributed by atoms with Crippen LogP contribution in [0, 0.1) is 6.92 Å². The van der Waals surface area contributed by atoms with E-state index >= 15 is 0 Å². The van der Waals surface area contributed by atoms with E-state index in [9.17, 15) is 13.6 Å². The van der Waals surface area contributed by atoms with Gasteiger partial charge in [-0.2, -0.15) is 8.78 Å². The number of thiocarbonyl (C=S) groups is 1. The molecule has 1 aliphatic rings. The van der Waals surface area contributed by atoms with Gasteiger partial charge < -0.3 is 20.1 Å². The summed E-state index contributed by atoms with van der Waals surface area (Å²) in [6.45, 7) is 0.889. The van der Waals surface area contributed by atoms with Gasteiger partial charge in [-0.25, -0.2) is 4.79 Å². The van der Waals surface area contributed by atoms with Crippen LogP contribution >= 0.6 is 23.6 Å².